The molecule has 2 aliphatic rings. The summed E-state index contributed by atoms with van der Waals surface area (Å²) in [5, 5.41) is 0. The second-order valence-electron chi connectivity index (χ2n) is 4.27. The summed E-state index contributed by atoms with van der Waals surface area (Å²) in [5.41, 5.74) is 0. The molecule has 62 valence electrons. The molecule has 0 unspecified atom stereocenters. The zero-order valence-electron chi connectivity index (χ0n) is 6.96. The minimum absolute atomic E-state index is 0.416. The van der Waals surface area contributed by atoms with Crippen LogP contribution in [0.25, 0.3) is 0 Å². The minimum Gasteiger partial charge on any atom is -0.303 e. The molecule has 0 radical (unpaired) electrons. The van der Waals surface area contributed by atoms with Gasteiger partial charge in [0.05, 0.1) is 0 Å². The molecule has 2 aliphatic carbocycles. The van der Waals surface area contributed by atoms with E-state index in [0.29, 0.717) is 5.92 Å². The molecule has 0 amide bonds. The Morgan fingerprint density at radius 3 is 2.18 bits per heavy atom. The third-order valence-corrected chi connectivity index (χ3v) is 3.36. The molecule has 0 saturated heterocycles. The molecule has 2 saturated carbocycles. The highest BCUT2D eigenvalue weighted by molar-refractivity contribution is 5.53. The number of aldehydes is 1. The molecule has 1 heteroatoms. The van der Waals surface area contributed by atoms with Crippen LogP contribution in [0.15, 0.2) is 0 Å². The molecule has 2 atom stereocenters. The lowest BCUT2D eigenvalue weighted by molar-refractivity contribution is -0.113. The third kappa shape index (κ3) is 1.47. The summed E-state index contributed by atoms with van der Waals surface area (Å²) in [7, 11) is 0. The first-order valence-corrected chi connectivity index (χ1v) is 4.84. The summed E-state index contributed by atoms with van der Waals surface area (Å²) in [6, 6.07) is 0. The number of carbonyl (C=O) groups excluding carboxylic acids is 1. The molecule has 0 N–H and O–H groups in total. The Bertz CT molecular complexity index is 141. The Morgan fingerprint density at radius 2 is 1.64 bits per heavy atom. The first-order chi connectivity index (χ1) is 5.38. The normalized spacial score (nSPS) is 43.5. The van der Waals surface area contributed by atoms with E-state index in [1.54, 1.807) is 0 Å². The zero-order chi connectivity index (χ0) is 7.68. The summed E-state index contributed by atoms with van der Waals surface area (Å²) >= 11 is 0. The lowest BCUT2D eigenvalue weighted by Gasteiger charge is -2.36. The lowest BCUT2D eigenvalue weighted by atomic mass is 9.68. The molecule has 2 rings (SSSR count). The van der Waals surface area contributed by atoms with Crippen LogP contribution in [0.4, 0.5) is 0 Å². The first kappa shape index (κ1) is 7.33. The third-order valence-electron chi connectivity index (χ3n) is 3.36. The number of hydrogen-bond donors (Lipinski definition) is 0. The van der Waals surface area contributed by atoms with E-state index in [-0.39, 0.29) is 0 Å². The fraction of sp³-hybridized carbons (Fsp3) is 0.900. The molecule has 0 heterocycles. The van der Waals surface area contributed by atoms with Gasteiger partial charge >= 0.3 is 0 Å². The van der Waals surface area contributed by atoms with Crippen LogP contribution in [0.2, 0.25) is 0 Å². The summed E-state index contributed by atoms with van der Waals surface area (Å²) in [5.74, 6) is 2.22. The van der Waals surface area contributed by atoms with E-state index < -0.39 is 0 Å². The van der Waals surface area contributed by atoms with Crippen LogP contribution in [-0.2, 0) is 4.79 Å². The quantitative estimate of drug-likeness (QED) is 0.527. The van der Waals surface area contributed by atoms with E-state index in [0.717, 1.165) is 11.8 Å². The van der Waals surface area contributed by atoms with Crippen molar-refractivity contribution in [3.05, 3.63) is 0 Å². The van der Waals surface area contributed by atoms with Crippen LogP contribution < -0.4 is 0 Å². The largest absolute Gasteiger partial charge is 0.303 e. The Balaban J connectivity index is 1.99. The molecule has 0 aromatic heterocycles. The Kier molecular flexibility index (Phi) is 1.97. The topological polar surface area (TPSA) is 17.1 Å². The van der Waals surface area contributed by atoms with Crippen LogP contribution in [0.1, 0.15) is 38.5 Å². The van der Waals surface area contributed by atoms with Crippen molar-refractivity contribution in [3.8, 4) is 0 Å². The van der Waals surface area contributed by atoms with Gasteiger partial charge in [0.15, 0.2) is 0 Å². The predicted molar refractivity (Wildman–Crippen MR) is 44.2 cm³/mol. The average molecular weight is 152 g/mol. The van der Waals surface area contributed by atoms with E-state index in [9.17, 15) is 4.79 Å². The van der Waals surface area contributed by atoms with E-state index >= 15 is 0 Å². The minimum atomic E-state index is 0.416. The van der Waals surface area contributed by atoms with Gasteiger partial charge in [-0.1, -0.05) is 19.3 Å². The van der Waals surface area contributed by atoms with Crippen molar-refractivity contribution < 1.29 is 4.79 Å². The molecule has 0 aliphatic heterocycles. The van der Waals surface area contributed by atoms with Crippen LogP contribution in [0.3, 0.4) is 0 Å². The summed E-state index contributed by atoms with van der Waals surface area (Å²) in [6.07, 6.45) is 9.19. The van der Waals surface area contributed by atoms with Gasteiger partial charge in [-0.15, -0.1) is 0 Å². The maximum atomic E-state index is 10.6. The number of fused-ring (bicyclic) bond motifs is 2. The monoisotopic (exact) mass is 152 g/mol. The van der Waals surface area contributed by atoms with Gasteiger partial charge in [0.25, 0.3) is 0 Å². The number of hydrogen-bond acceptors (Lipinski definition) is 1. The van der Waals surface area contributed by atoms with Crippen molar-refractivity contribution in [2.24, 2.45) is 17.8 Å². The molecule has 0 aromatic rings. The highest BCUT2D eigenvalue weighted by Crippen LogP contribution is 2.41. The van der Waals surface area contributed by atoms with Gasteiger partial charge in [-0.2, -0.15) is 0 Å². The van der Waals surface area contributed by atoms with Gasteiger partial charge in [-0.3, -0.25) is 0 Å². The van der Waals surface area contributed by atoms with E-state index in [4.69, 9.17) is 0 Å². The molecule has 1 nitrogen and oxygen atoms in total. The first-order valence-electron chi connectivity index (χ1n) is 4.84. The van der Waals surface area contributed by atoms with Crippen LogP contribution in [0.5, 0.6) is 0 Å². The van der Waals surface area contributed by atoms with Crippen LogP contribution in [0, 0.1) is 17.8 Å². The number of carbonyl (C=O) groups is 1. The van der Waals surface area contributed by atoms with Gasteiger partial charge in [-0.05, 0) is 31.1 Å². The SMILES string of the molecule is O=CC1C[C@H]2CCC[C@H](C1)C2. The highest BCUT2D eigenvalue weighted by Gasteiger charge is 2.31. The fourth-order valence-electron chi connectivity index (χ4n) is 2.89. The second-order valence-corrected chi connectivity index (χ2v) is 4.27. The summed E-state index contributed by atoms with van der Waals surface area (Å²) < 4.78 is 0. The standard InChI is InChI=1S/C10H16O/c11-7-10-5-8-2-1-3-9(4-8)6-10/h7-10H,1-6H2/t8-,9-/m0/s1. The smallest absolute Gasteiger partial charge is 0.123 e. The van der Waals surface area contributed by atoms with Gasteiger partial charge in [-0.25, -0.2) is 0 Å². The fourth-order valence-corrected chi connectivity index (χ4v) is 2.89. The molecular formula is C10H16O. The molecule has 0 aromatic carbocycles. The van der Waals surface area contributed by atoms with Gasteiger partial charge in [0, 0.05) is 5.92 Å². The van der Waals surface area contributed by atoms with Crippen molar-refractivity contribution in [1.29, 1.82) is 0 Å². The zero-order valence-corrected chi connectivity index (χ0v) is 6.96. The van der Waals surface area contributed by atoms with Crippen molar-refractivity contribution in [2.75, 3.05) is 0 Å². The van der Waals surface area contributed by atoms with E-state index in [1.165, 1.54) is 44.8 Å². The number of rotatable bonds is 1. The molecule has 11 heavy (non-hydrogen) atoms. The lowest BCUT2D eigenvalue weighted by Crippen LogP contribution is -2.27. The summed E-state index contributed by atoms with van der Waals surface area (Å²) in [4.78, 5) is 10.6. The van der Waals surface area contributed by atoms with Crippen molar-refractivity contribution in [3.63, 3.8) is 0 Å². The second kappa shape index (κ2) is 2.96. The molecule has 0 spiro atoms. The maximum absolute atomic E-state index is 10.6. The van der Waals surface area contributed by atoms with Crippen molar-refractivity contribution in [1.82, 2.24) is 0 Å². The van der Waals surface area contributed by atoms with Crippen molar-refractivity contribution in [2.45, 2.75) is 38.5 Å². The van der Waals surface area contributed by atoms with Gasteiger partial charge in [0.2, 0.25) is 0 Å². The highest BCUT2D eigenvalue weighted by atomic mass is 16.1. The van der Waals surface area contributed by atoms with E-state index in [2.05, 4.69) is 0 Å². The summed E-state index contributed by atoms with van der Waals surface area (Å²) in [6.45, 7) is 0. The Morgan fingerprint density at radius 1 is 1.00 bits per heavy atom. The Hall–Kier alpha value is -0.330. The van der Waals surface area contributed by atoms with E-state index in [1.807, 2.05) is 0 Å². The molecule has 2 bridgehead atoms. The van der Waals surface area contributed by atoms with Gasteiger partial charge in [0.1, 0.15) is 6.29 Å². The van der Waals surface area contributed by atoms with Crippen molar-refractivity contribution >= 4 is 6.29 Å². The molecular weight excluding hydrogens is 136 g/mol. The van der Waals surface area contributed by atoms with Gasteiger partial charge < -0.3 is 4.79 Å². The van der Waals surface area contributed by atoms with Crippen LogP contribution in [-0.4, -0.2) is 6.29 Å². The van der Waals surface area contributed by atoms with Crippen LogP contribution >= 0.6 is 0 Å². The predicted octanol–water partition coefficient (Wildman–Crippen LogP) is 2.40. The Labute approximate surface area is 68.2 Å². The average Bonchev–Trinajstić information content (AvgIpc) is 2.03. The molecule has 2 fully saturated rings. The maximum Gasteiger partial charge on any atom is 0.123 e.